The molecule has 0 aliphatic rings. The van der Waals surface area contributed by atoms with Gasteiger partial charge in [0.2, 0.25) is 0 Å². The van der Waals surface area contributed by atoms with E-state index in [-0.39, 0.29) is 11.6 Å². The molecule has 3 N–H and O–H groups in total. The van der Waals surface area contributed by atoms with Gasteiger partial charge in [0.25, 0.3) is 0 Å². The minimum atomic E-state index is -0.184. The van der Waals surface area contributed by atoms with Crippen LogP contribution in [-0.4, -0.2) is 24.9 Å². The van der Waals surface area contributed by atoms with Gasteiger partial charge in [-0.1, -0.05) is 69.5 Å². The zero-order valence-corrected chi connectivity index (χ0v) is 16.8. The maximum Gasteiger partial charge on any atom is 0.137 e. The van der Waals surface area contributed by atoms with Crippen molar-refractivity contribution in [1.82, 2.24) is 5.32 Å². The molecule has 0 amide bonds. The van der Waals surface area contributed by atoms with E-state index < -0.39 is 0 Å². The fourth-order valence-electron chi connectivity index (χ4n) is 2.20. The molecular weight excluding hydrogens is 308 g/mol. The summed E-state index contributed by atoms with van der Waals surface area (Å²) in [6.07, 6.45) is 9.13. The highest BCUT2D eigenvalue weighted by Crippen LogP contribution is 2.17. The van der Waals surface area contributed by atoms with E-state index in [1.165, 1.54) is 7.05 Å². The molecule has 1 unspecified atom stereocenters. The molecule has 140 valence electrons. The second kappa shape index (κ2) is 14.4. The third-order valence-corrected chi connectivity index (χ3v) is 3.02. The van der Waals surface area contributed by atoms with Gasteiger partial charge in [-0.05, 0) is 50.9 Å². The van der Waals surface area contributed by atoms with Gasteiger partial charge in [0.1, 0.15) is 6.29 Å². The van der Waals surface area contributed by atoms with Crippen molar-refractivity contribution < 1.29 is 4.79 Å². The van der Waals surface area contributed by atoms with Crippen LogP contribution < -0.4 is 11.1 Å². The Morgan fingerprint density at radius 2 is 1.76 bits per heavy atom. The van der Waals surface area contributed by atoms with E-state index in [0.717, 1.165) is 23.0 Å². The van der Waals surface area contributed by atoms with Gasteiger partial charge in [-0.15, -0.1) is 0 Å². The molecule has 25 heavy (non-hydrogen) atoms. The minimum absolute atomic E-state index is 0.0851. The molecular formula is C22H36N2O. The van der Waals surface area contributed by atoms with Crippen LogP contribution in [0.15, 0.2) is 43.5 Å². The molecule has 3 heteroatoms. The van der Waals surface area contributed by atoms with E-state index in [1.807, 2.05) is 44.2 Å². The van der Waals surface area contributed by atoms with E-state index in [4.69, 9.17) is 0 Å². The second-order valence-corrected chi connectivity index (χ2v) is 6.10. The van der Waals surface area contributed by atoms with Gasteiger partial charge in [-0.25, -0.2) is 0 Å². The second-order valence-electron chi connectivity index (χ2n) is 6.10. The van der Waals surface area contributed by atoms with Crippen molar-refractivity contribution in [2.75, 3.05) is 7.05 Å². The Balaban J connectivity index is 0. The van der Waals surface area contributed by atoms with Gasteiger partial charge in [0, 0.05) is 5.54 Å². The first-order valence-corrected chi connectivity index (χ1v) is 8.75. The molecule has 0 saturated carbocycles. The molecule has 1 aromatic rings. The summed E-state index contributed by atoms with van der Waals surface area (Å²) in [5.41, 5.74) is 7.70. The molecule has 0 bridgehead atoms. The average molecular weight is 345 g/mol. The van der Waals surface area contributed by atoms with Crippen molar-refractivity contribution in [2.45, 2.75) is 52.6 Å². The number of aldehydes is 1. The number of nitrogens with two attached hydrogens (primary N) is 1. The molecule has 0 radical (unpaired) electrons. The third kappa shape index (κ3) is 11.2. The normalized spacial score (nSPS) is 11.5. The van der Waals surface area contributed by atoms with Crippen LogP contribution >= 0.6 is 0 Å². The lowest BCUT2D eigenvalue weighted by Crippen LogP contribution is -2.45. The van der Waals surface area contributed by atoms with Gasteiger partial charge in [-0.2, -0.15) is 0 Å². The zero-order valence-electron chi connectivity index (χ0n) is 16.8. The zero-order chi connectivity index (χ0) is 19.9. The number of rotatable bonds is 7. The maximum absolute atomic E-state index is 11.3. The van der Waals surface area contributed by atoms with Gasteiger partial charge in [-0.3, -0.25) is 0 Å². The number of hydrogen-bond donors (Lipinski definition) is 2. The quantitative estimate of drug-likeness (QED) is 0.560. The summed E-state index contributed by atoms with van der Waals surface area (Å²) in [4.78, 5) is 11.3. The molecule has 0 aromatic heterocycles. The smallest absolute Gasteiger partial charge is 0.137 e. The van der Waals surface area contributed by atoms with Crippen LogP contribution in [0.4, 0.5) is 0 Å². The lowest BCUT2D eigenvalue weighted by Gasteiger charge is -2.25. The highest BCUT2D eigenvalue weighted by atomic mass is 16.1. The first-order chi connectivity index (χ1) is 11.9. The summed E-state index contributed by atoms with van der Waals surface area (Å²) >= 11 is 0. The van der Waals surface area contributed by atoms with Crippen LogP contribution in [0, 0.1) is 0 Å². The van der Waals surface area contributed by atoms with Crippen LogP contribution in [0.25, 0.3) is 12.2 Å². The Morgan fingerprint density at radius 3 is 2.20 bits per heavy atom. The van der Waals surface area contributed by atoms with E-state index >= 15 is 0 Å². The van der Waals surface area contributed by atoms with Crippen molar-refractivity contribution >= 4 is 18.4 Å². The Labute approximate surface area is 154 Å². The number of carbonyl (C=O) groups excluding carboxylic acids is 1. The Hall–Kier alpha value is -1.97. The molecule has 1 aromatic carbocycles. The summed E-state index contributed by atoms with van der Waals surface area (Å²) in [7, 11) is 1.50. The molecule has 0 saturated heterocycles. The molecule has 0 aliphatic carbocycles. The number of nitrogens with one attached hydrogen (secondary N) is 1. The number of allylic oxidation sites excluding steroid dienone is 2. The SMILES string of the molecule is C=C/C=C\c1cc(CC(C=O)NC(C)(C)C)ccc1C=C.CC.CN. The Bertz CT molecular complexity index is 539. The van der Waals surface area contributed by atoms with Crippen LogP contribution in [0.2, 0.25) is 0 Å². The number of hydrogen-bond acceptors (Lipinski definition) is 3. The van der Waals surface area contributed by atoms with Crippen molar-refractivity contribution in [2.24, 2.45) is 5.73 Å². The van der Waals surface area contributed by atoms with Crippen molar-refractivity contribution in [3.8, 4) is 0 Å². The van der Waals surface area contributed by atoms with E-state index in [1.54, 1.807) is 6.08 Å². The Kier molecular flexibility index (Phi) is 14.5. The largest absolute Gasteiger partial charge is 0.333 e. The first-order valence-electron chi connectivity index (χ1n) is 8.75. The van der Waals surface area contributed by atoms with E-state index in [9.17, 15) is 4.79 Å². The van der Waals surface area contributed by atoms with Crippen LogP contribution in [-0.2, 0) is 11.2 Å². The fraction of sp³-hybridized carbons (Fsp3) is 0.409. The minimum Gasteiger partial charge on any atom is -0.333 e. The molecule has 1 atom stereocenters. The summed E-state index contributed by atoms with van der Waals surface area (Å²) in [6.45, 7) is 17.7. The standard InChI is InChI=1S/C19H25NO.C2H6.CH5N/c1-6-8-9-17-12-15(10-11-16(17)7-2)13-18(14-21)20-19(3,4)5;2*1-2/h6-12,14,18,20H,1-2,13H2,3-5H3;1-2H3;2H2,1H3/b9-8-;;. The number of carbonyl (C=O) groups is 1. The molecule has 0 heterocycles. The predicted octanol–water partition coefficient (Wildman–Crippen LogP) is 4.63. The van der Waals surface area contributed by atoms with Crippen molar-refractivity contribution in [3.05, 3.63) is 60.2 Å². The van der Waals surface area contributed by atoms with Crippen molar-refractivity contribution in [1.29, 1.82) is 0 Å². The summed E-state index contributed by atoms with van der Waals surface area (Å²) in [5, 5.41) is 3.32. The topological polar surface area (TPSA) is 55.1 Å². The molecule has 3 nitrogen and oxygen atoms in total. The van der Waals surface area contributed by atoms with Crippen LogP contribution in [0.5, 0.6) is 0 Å². The van der Waals surface area contributed by atoms with Gasteiger partial charge in [0.15, 0.2) is 0 Å². The van der Waals surface area contributed by atoms with Crippen LogP contribution in [0.1, 0.15) is 51.3 Å². The van der Waals surface area contributed by atoms with E-state index in [0.29, 0.717) is 6.42 Å². The van der Waals surface area contributed by atoms with Crippen molar-refractivity contribution in [3.63, 3.8) is 0 Å². The Morgan fingerprint density at radius 1 is 1.16 bits per heavy atom. The first kappa shape index (κ1) is 25.3. The molecule has 0 fully saturated rings. The maximum atomic E-state index is 11.3. The molecule has 0 spiro atoms. The summed E-state index contributed by atoms with van der Waals surface area (Å²) in [5.74, 6) is 0. The lowest BCUT2D eigenvalue weighted by molar-refractivity contribution is -0.110. The number of benzene rings is 1. The highest BCUT2D eigenvalue weighted by molar-refractivity contribution is 5.66. The fourth-order valence-corrected chi connectivity index (χ4v) is 2.20. The summed E-state index contributed by atoms with van der Waals surface area (Å²) in [6, 6.07) is 5.99. The van der Waals surface area contributed by atoms with Gasteiger partial charge >= 0.3 is 0 Å². The lowest BCUT2D eigenvalue weighted by atomic mass is 9.98. The van der Waals surface area contributed by atoms with Gasteiger partial charge in [0.05, 0.1) is 6.04 Å². The predicted molar refractivity (Wildman–Crippen MR) is 114 cm³/mol. The average Bonchev–Trinajstić information content (AvgIpc) is 2.61. The highest BCUT2D eigenvalue weighted by Gasteiger charge is 2.17. The van der Waals surface area contributed by atoms with Crippen LogP contribution in [0.3, 0.4) is 0 Å². The third-order valence-electron chi connectivity index (χ3n) is 3.02. The monoisotopic (exact) mass is 344 g/mol. The molecule has 0 aliphatic heterocycles. The molecule has 1 rings (SSSR count). The summed E-state index contributed by atoms with van der Waals surface area (Å²) < 4.78 is 0. The van der Waals surface area contributed by atoms with Gasteiger partial charge < -0.3 is 15.8 Å². The van der Waals surface area contributed by atoms with E-state index in [2.05, 4.69) is 51.0 Å².